The maximum absolute atomic E-state index is 8.90. The van der Waals surface area contributed by atoms with Crippen molar-refractivity contribution in [1.29, 1.82) is 0 Å². The fraction of sp³-hybridized carbons (Fsp3) is 0.267. The van der Waals surface area contributed by atoms with E-state index in [0.29, 0.717) is 13.0 Å². The monoisotopic (exact) mass is 258 g/mol. The number of hydrogen-bond donors (Lipinski definition) is 2. The number of methoxy groups -OCH3 is 1. The van der Waals surface area contributed by atoms with E-state index in [0.717, 1.165) is 22.8 Å². The molecular formula is C15H18N2O2. The van der Waals surface area contributed by atoms with Gasteiger partial charge in [0.2, 0.25) is 0 Å². The summed E-state index contributed by atoms with van der Waals surface area (Å²) in [6.45, 7) is 0.828. The first-order valence-electron chi connectivity index (χ1n) is 6.25. The second kappa shape index (κ2) is 6.75. The van der Waals surface area contributed by atoms with Crippen molar-refractivity contribution in [3.8, 4) is 5.75 Å². The maximum atomic E-state index is 8.90. The molecule has 0 aliphatic heterocycles. The topological polar surface area (TPSA) is 54.4 Å². The molecule has 2 rings (SSSR count). The third-order valence-corrected chi connectivity index (χ3v) is 2.81. The fourth-order valence-electron chi connectivity index (χ4n) is 1.77. The van der Waals surface area contributed by atoms with E-state index in [9.17, 15) is 0 Å². The van der Waals surface area contributed by atoms with Gasteiger partial charge in [-0.3, -0.25) is 0 Å². The third kappa shape index (κ3) is 3.96. The van der Waals surface area contributed by atoms with Gasteiger partial charge in [-0.2, -0.15) is 0 Å². The van der Waals surface area contributed by atoms with Gasteiger partial charge in [0, 0.05) is 25.3 Å². The van der Waals surface area contributed by atoms with Gasteiger partial charge in [-0.15, -0.1) is 0 Å². The molecule has 0 saturated carbocycles. The van der Waals surface area contributed by atoms with Crippen molar-refractivity contribution in [1.82, 2.24) is 4.98 Å². The van der Waals surface area contributed by atoms with Gasteiger partial charge in [-0.05, 0) is 29.8 Å². The van der Waals surface area contributed by atoms with Crippen LogP contribution >= 0.6 is 0 Å². The predicted octanol–water partition coefficient (Wildman–Crippen LogP) is 2.24. The van der Waals surface area contributed by atoms with Crippen LogP contribution in [0.2, 0.25) is 0 Å². The summed E-state index contributed by atoms with van der Waals surface area (Å²) in [6, 6.07) is 13.7. The number of aromatic nitrogens is 1. The number of aliphatic hydroxyl groups excluding tert-OH is 1. The molecule has 2 N–H and O–H groups in total. The van der Waals surface area contributed by atoms with Crippen LogP contribution in [-0.4, -0.2) is 23.8 Å². The average Bonchev–Trinajstić information content (AvgIpc) is 2.46. The minimum Gasteiger partial charge on any atom is -0.497 e. The lowest BCUT2D eigenvalue weighted by Gasteiger charge is -2.08. The molecule has 2 aromatic rings. The highest BCUT2D eigenvalue weighted by molar-refractivity contribution is 5.37. The van der Waals surface area contributed by atoms with Gasteiger partial charge in [-0.25, -0.2) is 4.98 Å². The van der Waals surface area contributed by atoms with Crippen molar-refractivity contribution < 1.29 is 9.84 Å². The van der Waals surface area contributed by atoms with E-state index >= 15 is 0 Å². The highest BCUT2D eigenvalue weighted by Crippen LogP contribution is 2.13. The minimum atomic E-state index is 0.120. The van der Waals surface area contributed by atoms with E-state index < -0.39 is 0 Å². The number of anilines is 1. The molecular weight excluding hydrogens is 240 g/mol. The van der Waals surface area contributed by atoms with E-state index in [1.54, 1.807) is 7.11 Å². The van der Waals surface area contributed by atoms with E-state index in [1.165, 1.54) is 0 Å². The lowest BCUT2D eigenvalue weighted by Crippen LogP contribution is -2.03. The number of ether oxygens (including phenoxy) is 1. The van der Waals surface area contributed by atoms with Gasteiger partial charge < -0.3 is 15.2 Å². The van der Waals surface area contributed by atoms with Crippen LogP contribution in [0, 0.1) is 0 Å². The van der Waals surface area contributed by atoms with Gasteiger partial charge in [-0.1, -0.05) is 18.2 Å². The summed E-state index contributed by atoms with van der Waals surface area (Å²) >= 11 is 0. The van der Waals surface area contributed by atoms with E-state index in [2.05, 4.69) is 10.3 Å². The number of hydrogen-bond acceptors (Lipinski definition) is 4. The van der Waals surface area contributed by atoms with E-state index in [4.69, 9.17) is 9.84 Å². The molecule has 0 atom stereocenters. The van der Waals surface area contributed by atoms with E-state index in [1.807, 2.05) is 42.5 Å². The Balaban J connectivity index is 1.95. The summed E-state index contributed by atoms with van der Waals surface area (Å²) < 4.78 is 5.12. The molecule has 0 amide bonds. The molecule has 0 fully saturated rings. The van der Waals surface area contributed by atoms with Crippen LogP contribution in [0.5, 0.6) is 5.75 Å². The molecule has 1 aromatic carbocycles. The fourth-order valence-corrected chi connectivity index (χ4v) is 1.77. The second-order valence-corrected chi connectivity index (χ2v) is 4.19. The Kier molecular flexibility index (Phi) is 4.75. The Morgan fingerprint density at radius 3 is 2.63 bits per heavy atom. The zero-order valence-corrected chi connectivity index (χ0v) is 11.0. The van der Waals surface area contributed by atoms with Gasteiger partial charge in [0.25, 0.3) is 0 Å². The number of nitrogens with one attached hydrogen (secondary N) is 1. The van der Waals surface area contributed by atoms with Crippen LogP contribution in [-0.2, 0) is 13.0 Å². The van der Waals surface area contributed by atoms with Crippen molar-refractivity contribution >= 4 is 5.82 Å². The Labute approximate surface area is 113 Å². The average molecular weight is 258 g/mol. The lowest BCUT2D eigenvalue weighted by molar-refractivity contribution is 0.298. The smallest absolute Gasteiger partial charge is 0.126 e. The molecule has 100 valence electrons. The summed E-state index contributed by atoms with van der Waals surface area (Å²) in [7, 11) is 1.66. The number of aliphatic hydroxyl groups is 1. The Hall–Kier alpha value is -2.07. The summed E-state index contributed by atoms with van der Waals surface area (Å²) in [5.41, 5.74) is 2.05. The van der Waals surface area contributed by atoms with Crippen LogP contribution in [0.3, 0.4) is 0 Å². The number of nitrogens with zero attached hydrogens (tertiary/aromatic N) is 1. The molecule has 0 radical (unpaired) electrons. The van der Waals surface area contributed by atoms with Crippen molar-refractivity contribution in [3.63, 3.8) is 0 Å². The molecule has 1 heterocycles. The minimum absolute atomic E-state index is 0.120. The van der Waals surface area contributed by atoms with Gasteiger partial charge in [0.1, 0.15) is 11.6 Å². The van der Waals surface area contributed by atoms with Crippen molar-refractivity contribution in [2.75, 3.05) is 19.0 Å². The molecule has 4 nitrogen and oxygen atoms in total. The zero-order valence-electron chi connectivity index (χ0n) is 11.0. The Morgan fingerprint density at radius 1 is 1.16 bits per heavy atom. The number of rotatable bonds is 6. The van der Waals surface area contributed by atoms with Crippen LogP contribution in [0.1, 0.15) is 11.3 Å². The lowest BCUT2D eigenvalue weighted by atomic mass is 10.2. The third-order valence-electron chi connectivity index (χ3n) is 2.81. The van der Waals surface area contributed by atoms with Gasteiger partial charge in [0.05, 0.1) is 7.11 Å². The standard InChI is InChI=1S/C15H18N2O2/c1-19-14-7-5-12(6-8-14)11-16-15-4-2-3-13(17-15)9-10-18/h2-8,18H,9-11H2,1H3,(H,16,17). The molecule has 19 heavy (non-hydrogen) atoms. The molecule has 0 aliphatic rings. The van der Waals surface area contributed by atoms with Crippen LogP contribution in [0.4, 0.5) is 5.82 Å². The van der Waals surface area contributed by atoms with Crippen molar-refractivity contribution in [2.45, 2.75) is 13.0 Å². The first-order valence-corrected chi connectivity index (χ1v) is 6.25. The van der Waals surface area contributed by atoms with Crippen LogP contribution in [0.25, 0.3) is 0 Å². The second-order valence-electron chi connectivity index (χ2n) is 4.19. The van der Waals surface area contributed by atoms with Gasteiger partial charge >= 0.3 is 0 Å². The summed E-state index contributed by atoms with van der Waals surface area (Å²) in [5.74, 6) is 1.67. The highest BCUT2D eigenvalue weighted by Gasteiger charge is 1.98. The summed E-state index contributed by atoms with van der Waals surface area (Å²) in [6.07, 6.45) is 0.581. The normalized spacial score (nSPS) is 10.2. The largest absolute Gasteiger partial charge is 0.497 e. The molecule has 0 spiro atoms. The van der Waals surface area contributed by atoms with Gasteiger partial charge in [0.15, 0.2) is 0 Å². The Morgan fingerprint density at radius 2 is 1.95 bits per heavy atom. The molecule has 0 aliphatic carbocycles. The first kappa shape index (κ1) is 13.4. The SMILES string of the molecule is COc1ccc(CNc2cccc(CCO)n2)cc1. The molecule has 0 bridgehead atoms. The van der Waals surface area contributed by atoms with E-state index in [-0.39, 0.29) is 6.61 Å². The zero-order chi connectivity index (χ0) is 13.5. The highest BCUT2D eigenvalue weighted by atomic mass is 16.5. The van der Waals surface area contributed by atoms with Crippen LogP contribution < -0.4 is 10.1 Å². The molecule has 0 saturated heterocycles. The Bertz CT molecular complexity index is 512. The maximum Gasteiger partial charge on any atom is 0.126 e. The molecule has 4 heteroatoms. The summed E-state index contributed by atoms with van der Waals surface area (Å²) in [5, 5.41) is 12.2. The quantitative estimate of drug-likeness (QED) is 0.834. The number of pyridine rings is 1. The molecule has 0 unspecified atom stereocenters. The molecule has 1 aromatic heterocycles. The first-order chi connectivity index (χ1) is 9.31. The van der Waals surface area contributed by atoms with Crippen LogP contribution in [0.15, 0.2) is 42.5 Å². The van der Waals surface area contributed by atoms with Crippen molar-refractivity contribution in [2.24, 2.45) is 0 Å². The predicted molar refractivity (Wildman–Crippen MR) is 75.3 cm³/mol. The number of benzene rings is 1. The van der Waals surface area contributed by atoms with Crippen molar-refractivity contribution in [3.05, 3.63) is 53.7 Å². The summed E-state index contributed by atoms with van der Waals surface area (Å²) in [4.78, 5) is 4.42.